The van der Waals surface area contributed by atoms with Gasteiger partial charge in [0.15, 0.2) is 0 Å². The van der Waals surface area contributed by atoms with E-state index in [0.717, 1.165) is 11.1 Å². The van der Waals surface area contributed by atoms with Crippen LogP contribution in [-0.2, 0) is 12.7 Å². The molecular weight excluding hydrogens is 273 g/mol. The standard InChI is InChI=1S/C13H13F3N2S/c1-9(12-17-5-6-19-12)18-8-10-3-2-4-11(7-10)13(14,15)16/h2-7,9,18H,8H2,1H3. The van der Waals surface area contributed by atoms with Crippen LogP contribution in [0, 0.1) is 0 Å². The normalized spacial score (nSPS) is 13.5. The lowest BCUT2D eigenvalue weighted by atomic mass is 10.1. The Bertz CT molecular complexity index is 523. The summed E-state index contributed by atoms with van der Waals surface area (Å²) in [5.74, 6) is 0. The Morgan fingerprint density at radius 2 is 2.16 bits per heavy atom. The zero-order valence-corrected chi connectivity index (χ0v) is 11.1. The van der Waals surface area contributed by atoms with E-state index in [1.807, 2.05) is 12.3 Å². The van der Waals surface area contributed by atoms with Gasteiger partial charge in [0.1, 0.15) is 5.01 Å². The average Bonchev–Trinajstić information content (AvgIpc) is 2.89. The number of benzene rings is 1. The quantitative estimate of drug-likeness (QED) is 0.918. The molecule has 1 heterocycles. The van der Waals surface area contributed by atoms with Crippen molar-refractivity contribution in [2.45, 2.75) is 25.7 Å². The van der Waals surface area contributed by atoms with Crippen LogP contribution in [0.25, 0.3) is 0 Å². The summed E-state index contributed by atoms with van der Waals surface area (Å²) in [6, 6.07) is 5.37. The first-order chi connectivity index (χ1) is 8.97. The highest BCUT2D eigenvalue weighted by Gasteiger charge is 2.30. The third-order valence-corrected chi connectivity index (χ3v) is 3.65. The fourth-order valence-electron chi connectivity index (χ4n) is 1.66. The number of nitrogens with zero attached hydrogens (tertiary/aromatic N) is 1. The number of nitrogens with one attached hydrogen (secondary N) is 1. The molecule has 102 valence electrons. The first-order valence-corrected chi connectivity index (χ1v) is 6.63. The van der Waals surface area contributed by atoms with E-state index in [1.165, 1.54) is 23.5 Å². The highest BCUT2D eigenvalue weighted by atomic mass is 32.1. The van der Waals surface area contributed by atoms with Gasteiger partial charge in [-0.3, -0.25) is 0 Å². The van der Waals surface area contributed by atoms with Crippen molar-refractivity contribution < 1.29 is 13.2 Å². The predicted octanol–water partition coefficient (Wildman–Crippen LogP) is 4.01. The molecule has 0 saturated heterocycles. The molecule has 0 aliphatic carbocycles. The Hall–Kier alpha value is -1.40. The molecule has 0 bridgehead atoms. The summed E-state index contributed by atoms with van der Waals surface area (Å²) in [4.78, 5) is 4.16. The van der Waals surface area contributed by atoms with E-state index < -0.39 is 11.7 Å². The number of hydrogen-bond acceptors (Lipinski definition) is 3. The van der Waals surface area contributed by atoms with E-state index in [4.69, 9.17) is 0 Å². The molecule has 19 heavy (non-hydrogen) atoms. The van der Waals surface area contributed by atoms with Crippen molar-refractivity contribution >= 4 is 11.3 Å². The highest BCUT2D eigenvalue weighted by Crippen LogP contribution is 2.29. The van der Waals surface area contributed by atoms with Gasteiger partial charge in [-0.2, -0.15) is 13.2 Å². The molecule has 1 aromatic carbocycles. The summed E-state index contributed by atoms with van der Waals surface area (Å²) in [7, 11) is 0. The van der Waals surface area contributed by atoms with Gasteiger partial charge >= 0.3 is 6.18 Å². The number of alkyl halides is 3. The molecular formula is C13H13F3N2S. The molecule has 0 saturated carbocycles. The van der Waals surface area contributed by atoms with Gasteiger partial charge in [0.2, 0.25) is 0 Å². The number of aromatic nitrogens is 1. The third-order valence-electron chi connectivity index (χ3n) is 2.69. The Kier molecular flexibility index (Phi) is 4.21. The summed E-state index contributed by atoms with van der Waals surface area (Å²) in [6.07, 6.45) is -2.58. The van der Waals surface area contributed by atoms with Gasteiger partial charge in [-0.05, 0) is 18.6 Å². The van der Waals surface area contributed by atoms with E-state index in [0.29, 0.717) is 12.1 Å². The summed E-state index contributed by atoms with van der Waals surface area (Å²) in [6.45, 7) is 2.32. The van der Waals surface area contributed by atoms with Crippen molar-refractivity contribution in [3.63, 3.8) is 0 Å². The monoisotopic (exact) mass is 286 g/mol. The lowest BCUT2D eigenvalue weighted by molar-refractivity contribution is -0.137. The van der Waals surface area contributed by atoms with Crippen LogP contribution in [0.4, 0.5) is 13.2 Å². The van der Waals surface area contributed by atoms with Gasteiger partial charge < -0.3 is 5.32 Å². The van der Waals surface area contributed by atoms with Crippen molar-refractivity contribution in [3.8, 4) is 0 Å². The molecule has 0 radical (unpaired) electrons. The van der Waals surface area contributed by atoms with Gasteiger partial charge in [-0.1, -0.05) is 18.2 Å². The van der Waals surface area contributed by atoms with E-state index in [-0.39, 0.29) is 6.04 Å². The van der Waals surface area contributed by atoms with Gasteiger partial charge in [0, 0.05) is 18.1 Å². The van der Waals surface area contributed by atoms with Crippen molar-refractivity contribution in [1.82, 2.24) is 10.3 Å². The largest absolute Gasteiger partial charge is 0.416 e. The number of rotatable bonds is 4. The fraction of sp³-hybridized carbons (Fsp3) is 0.308. The van der Waals surface area contributed by atoms with Crippen LogP contribution >= 0.6 is 11.3 Å². The second-order valence-electron chi connectivity index (χ2n) is 4.17. The van der Waals surface area contributed by atoms with Gasteiger partial charge in [0.05, 0.1) is 11.6 Å². The molecule has 0 amide bonds. The maximum absolute atomic E-state index is 12.6. The van der Waals surface area contributed by atoms with Crippen LogP contribution in [0.15, 0.2) is 35.8 Å². The molecule has 1 unspecified atom stereocenters. The summed E-state index contributed by atoms with van der Waals surface area (Å²) in [5.41, 5.74) is -0.00747. The van der Waals surface area contributed by atoms with Crippen LogP contribution in [0.3, 0.4) is 0 Å². The third kappa shape index (κ3) is 3.78. The second kappa shape index (κ2) is 5.71. The van der Waals surface area contributed by atoms with Crippen molar-refractivity contribution in [2.24, 2.45) is 0 Å². The zero-order valence-electron chi connectivity index (χ0n) is 10.2. The number of hydrogen-bond donors (Lipinski definition) is 1. The molecule has 0 aliphatic rings. The van der Waals surface area contributed by atoms with Crippen LogP contribution < -0.4 is 5.32 Å². The maximum Gasteiger partial charge on any atom is 0.416 e. The van der Waals surface area contributed by atoms with Crippen LogP contribution in [0.5, 0.6) is 0 Å². The van der Waals surface area contributed by atoms with Crippen LogP contribution in [0.1, 0.15) is 29.1 Å². The highest BCUT2D eigenvalue weighted by molar-refractivity contribution is 7.09. The SMILES string of the molecule is CC(NCc1cccc(C(F)(F)F)c1)c1nccs1. The minimum Gasteiger partial charge on any atom is -0.304 e. The average molecular weight is 286 g/mol. The summed E-state index contributed by atoms with van der Waals surface area (Å²) < 4.78 is 37.7. The zero-order chi connectivity index (χ0) is 13.9. The molecule has 1 aromatic heterocycles. The number of thiazole rings is 1. The smallest absolute Gasteiger partial charge is 0.304 e. The van der Waals surface area contributed by atoms with Crippen molar-refractivity contribution in [3.05, 3.63) is 52.0 Å². The first kappa shape index (κ1) is 14.0. The van der Waals surface area contributed by atoms with Gasteiger partial charge in [-0.15, -0.1) is 11.3 Å². The maximum atomic E-state index is 12.6. The minimum absolute atomic E-state index is 0.0227. The minimum atomic E-state index is -4.29. The fourth-order valence-corrected chi connectivity index (χ4v) is 2.33. The molecule has 1 atom stereocenters. The second-order valence-corrected chi connectivity index (χ2v) is 5.10. The number of halogens is 3. The molecule has 2 rings (SSSR count). The lowest BCUT2D eigenvalue weighted by Gasteiger charge is -2.12. The van der Waals surface area contributed by atoms with Gasteiger partial charge in [0.25, 0.3) is 0 Å². The molecule has 6 heteroatoms. The lowest BCUT2D eigenvalue weighted by Crippen LogP contribution is -2.18. The first-order valence-electron chi connectivity index (χ1n) is 5.76. The Morgan fingerprint density at radius 1 is 1.37 bits per heavy atom. The molecule has 2 aromatic rings. The van der Waals surface area contributed by atoms with E-state index >= 15 is 0 Å². The van der Waals surface area contributed by atoms with E-state index in [1.54, 1.807) is 12.3 Å². The Labute approximate surface area is 113 Å². The molecule has 0 spiro atoms. The van der Waals surface area contributed by atoms with E-state index in [9.17, 15) is 13.2 Å². The molecule has 2 nitrogen and oxygen atoms in total. The predicted molar refractivity (Wildman–Crippen MR) is 68.8 cm³/mol. The van der Waals surface area contributed by atoms with E-state index in [2.05, 4.69) is 10.3 Å². The Morgan fingerprint density at radius 3 is 2.79 bits per heavy atom. The Balaban J connectivity index is 2.00. The summed E-state index contributed by atoms with van der Waals surface area (Å²) in [5, 5.41) is 5.96. The van der Waals surface area contributed by atoms with Gasteiger partial charge in [-0.25, -0.2) is 4.98 Å². The molecule has 1 N–H and O–H groups in total. The summed E-state index contributed by atoms with van der Waals surface area (Å²) >= 11 is 1.52. The van der Waals surface area contributed by atoms with Crippen LogP contribution in [-0.4, -0.2) is 4.98 Å². The van der Waals surface area contributed by atoms with Crippen molar-refractivity contribution in [2.75, 3.05) is 0 Å². The topological polar surface area (TPSA) is 24.9 Å². The van der Waals surface area contributed by atoms with Crippen molar-refractivity contribution in [1.29, 1.82) is 0 Å². The molecule has 0 fully saturated rings. The molecule has 0 aliphatic heterocycles. The van der Waals surface area contributed by atoms with Crippen LogP contribution in [0.2, 0.25) is 0 Å².